The number of nitrogens with zero attached hydrogens (tertiary/aromatic N) is 2. The largest absolute Gasteiger partial charge is 0.507 e. The number of fused-ring (bicyclic) bond motifs is 6. The van der Waals surface area contributed by atoms with E-state index in [-0.39, 0.29) is 93.4 Å². The molecule has 0 amide bonds. The van der Waals surface area contributed by atoms with Crippen LogP contribution >= 0.6 is 21.6 Å². The van der Waals surface area contributed by atoms with Crippen molar-refractivity contribution in [1.29, 1.82) is 0 Å². The third-order valence-corrected chi connectivity index (χ3v) is 19.5. The van der Waals surface area contributed by atoms with Crippen molar-refractivity contribution in [2.75, 3.05) is 25.7 Å². The first-order valence-corrected chi connectivity index (χ1v) is 30.3. The summed E-state index contributed by atoms with van der Waals surface area (Å²) >= 11 is 0. The third kappa shape index (κ3) is 10.9. The minimum Gasteiger partial charge on any atom is -0.507 e. The third-order valence-electron chi connectivity index (χ3n) is 17.1. The molecule has 12 atom stereocenters. The van der Waals surface area contributed by atoms with Crippen molar-refractivity contribution >= 4 is 68.0 Å². The van der Waals surface area contributed by atoms with Crippen molar-refractivity contribution < 1.29 is 98.0 Å². The number of aliphatic hydroxyl groups excluding tert-OH is 2. The Morgan fingerprint density at radius 3 is 1.30 bits per heavy atom. The monoisotopic (exact) mass is 1230 g/mol. The summed E-state index contributed by atoms with van der Waals surface area (Å²) in [6.45, 7) is 5.46. The Morgan fingerprint density at radius 1 is 0.593 bits per heavy atom. The highest BCUT2D eigenvalue weighted by Gasteiger charge is 2.52. The number of aliphatic hydroxyl groups is 4. The highest BCUT2D eigenvalue weighted by Crippen LogP contribution is 2.55. The molecule has 2 heterocycles. The number of methoxy groups -OCH3 is 2. The van der Waals surface area contributed by atoms with E-state index >= 15 is 0 Å². The lowest BCUT2D eigenvalue weighted by molar-refractivity contribution is -0.247. The van der Waals surface area contributed by atoms with Crippen LogP contribution in [-0.2, 0) is 41.4 Å². The molecule has 2 saturated heterocycles. The second-order valence-corrected chi connectivity index (χ2v) is 25.2. The van der Waals surface area contributed by atoms with E-state index in [4.69, 9.17) is 39.9 Å². The Balaban J connectivity index is 0.767. The van der Waals surface area contributed by atoms with E-state index in [1.807, 2.05) is 0 Å². The molecule has 6 aliphatic rings. The number of amidine groups is 2. The Kier molecular flexibility index (Phi) is 17.3. The van der Waals surface area contributed by atoms with Gasteiger partial charge in [-0.2, -0.15) is 0 Å². The Hall–Kier alpha value is -6.98. The molecule has 4 aromatic carbocycles. The number of carbonyl (C=O) groups is 6. The lowest BCUT2D eigenvalue weighted by Gasteiger charge is -2.42. The van der Waals surface area contributed by atoms with Crippen LogP contribution in [0.15, 0.2) is 46.4 Å². The van der Waals surface area contributed by atoms with Gasteiger partial charge in [0, 0.05) is 96.3 Å². The zero-order valence-corrected chi connectivity index (χ0v) is 49.3. The van der Waals surface area contributed by atoms with Gasteiger partial charge in [0.05, 0.1) is 95.8 Å². The first kappa shape index (κ1) is 62.1. The number of nitrogens with two attached hydrogens (primary N) is 2. The summed E-state index contributed by atoms with van der Waals surface area (Å²) in [6, 6.07) is 6.97. The van der Waals surface area contributed by atoms with Crippen LogP contribution in [0.25, 0.3) is 0 Å². The summed E-state index contributed by atoms with van der Waals surface area (Å²) in [5, 5.41) is 93.1. The minimum atomic E-state index is -2.14. The van der Waals surface area contributed by atoms with Crippen molar-refractivity contribution in [3.05, 3.63) is 103 Å². The molecule has 0 radical (unpaired) electrons. The maximum Gasteiger partial charge on any atom is 0.202 e. The first-order chi connectivity index (χ1) is 40.7. The minimum absolute atomic E-state index is 0.0674. The van der Waals surface area contributed by atoms with E-state index < -0.39 is 178 Å². The van der Waals surface area contributed by atoms with Gasteiger partial charge in [0.1, 0.15) is 57.9 Å². The van der Waals surface area contributed by atoms with Gasteiger partial charge in [-0.15, -0.1) is 0 Å². The van der Waals surface area contributed by atoms with Gasteiger partial charge in [0.2, 0.25) is 11.6 Å². The number of hydrogen-bond donors (Lipinski definition) is 10. The zero-order chi connectivity index (χ0) is 62.2. The lowest BCUT2D eigenvalue weighted by atomic mass is 9.72. The number of hydrogen-bond acceptors (Lipinski definition) is 24. The molecule has 0 bridgehead atoms. The fraction of sp³-hybridized carbons (Fsp3) is 0.467. The fourth-order valence-electron chi connectivity index (χ4n) is 12.4. The van der Waals surface area contributed by atoms with Crippen molar-refractivity contribution in [1.82, 2.24) is 0 Å². The van der Waals surface area contributed by atoms with E-state index in [0.29, 0.717) is 11.5 Å². The number of Topliss-reactive ketones (excluding diaryl/α,β-unsaturated/α-hetero) is 2. The molecule has 24 nitrogen and oxygen atoms in total. The molecule has 12 N–H and O–H groups in total. The number of phenols is 4. The molecule has 4 aromatic rings. The van der Waals surface area contributed by atoms with Gasteiger partial charge in [0.15, 0.2) is 35.7 Å². The summed E-state index contributed by atoms with van der Waals surface area (Å²) < 4.78 is 35.6. The number of aromatic hydroxyl groups is 4. The maximum absolute atomic E-state index is 14.1. The van der Waals surface area contributed by atoms with Gasteiger partial charge in [-0.3, -0.25) is 38.8 Å². The average Bonchev–Trinajstić information content (AvgIpc) is 0.861. The molecule has 0 aromatic heterocycles. The van der Waals surface area contributed by atoms with Gasteiger partial charge in [-0.25, -0.2) is 0 Å². The Bertz CT molecular complexity index is 3350. The number of aliphatic imine (C=N–C) groups is 2. The molecule has 2 aliphatic heterocycles. The van der Waals surface area contributed by atoms with E-state index in [1.54, 1.807) is 13.8 Å². The van der Waals surface area contributed by atoms with Crippen molar-refractivity contribution in [3.8, 4) is 34.5 Å². The Morgan fingerprint density at radius 2 is 0.953 bits per heavy atom. The second kappa shape index (κ2) is 23.9. The SMILES string of the molecule is COc1cccc2c1C(=O)c1c(O)c3c(c(O)c1C2=O)C[C@@](O)(C(C)=O)C[C@@H]3OC1CC(N=C(N)CCSSCCC(N)=NC2CC(O[C@H]3C[C@](O)(C(C)=O)Cc4c(O)c5c(c(O)c43)C(=O)c3c(OC)cccc3C5=O)OC(C)C2O)C(O)C(C)O1. The van der Waals surface area contributed by atoms with Crippen molar-refractivity contribution in [2.24, 2.45) is 21.5 Å². The summed E-state index contributed by atoms with van der Waals surface area (Å²) in [4.78, 5) is 91.2. The van der Waals surface area contributed by atoms with Crippen LogP contribution < -0.4 is 20.9 Å². The van der Waals surface area contributed by atoms with Crippen LogP contribution in [0, 0.1) is 0 Å². The first-order valence-electron chi connectivity index (χ1n) is 27.8. The molecular weight excluding hydrogens is 1160 g/mol. The summed E-state index contributed by atoms with van der Waals surface area (Å²) in [5.74, 6) is -5.83. The van der Waals surface area contributed by atoms with Crippen LogP contribution in [0.3, 0.4) is 0 Å². The quantitative estimate of drug-likeness (QED) is 0.0203. The summed E-state index contributed by atoms with van der Waals surface area (Å²) in [5.41, 5.74) is 5.63. The van der Waals surface area contributed by atoms with Gasteiger partial charge in [-0.1, -0.05) is 45.9 Å². The molecule has 2 fully saturated rings. The van der Waals surface area contributed by atoms with E-state index in [0.717, 1.165) is 13.8 Å². The number of benzene rings is 4. The zero-order valence-electron chi connectivity index (χ0n) is 47.7. The van der Waals surface area contributed by atoms with Gasteiger partial charge in [0.25, 0.3) is 0 Å². The van der Waals surface area contributed by atoms with Gasteiger partial charge in [-0.05, 0) is 39.8 Å². The van der Waals surface area contributed by atoms with E-state index in [2.05, 4.69) is 9.98 Å². The van der Waals surface area contributed by atoms with Crippen LogP contribution in [0.2, 0.25) is 0 Å². The van der Waals surface area contributed by atoms with Gasteiger partial charge < -0.3 is 80.7 Å². The molecule has 0 saturated carbocycles. The molecule has 10 rings (SSSR count). The smallest absolute Gasteiger partial charge is 0.202 e. The van der Waals surface area contributed by atoms with E-state index in [1.165, 1.54) is 72.2 Å². The molecule has 86 heavy (non-hydrogen) atoms. The maximum atomic E-state index is 14.1. The van der Waals surface area contributed by atoms with Crippen molar-refractivity contribution in [2.45, 2.75) is 152 Å². The average molecular weight is 1230 g/mol. The number of ether oxygens (including phenoxy) is 6. The Labute approximate surface area is 500 Å². The number of rotatable bonds is 17. The normalized spacial score (nSPS) is 28.8. The summed E-state index contributed by atoms with van der Waals surface area (Å²) in [6.07, 6.45) is -10.7. The number of carbonyl (C=O) groups excluding carboxylic acids is 6. The van der Waals surface area contributed by atoms with Crippen LogP contribution in [0.4, 0.5) is 0 Å². The van der Waals surface area contributed by atoms with Crippen molar-refractivity contribution in [3.63, 3.8) is 0 Å². The molecule has 26 heteroatoms. The molecule has 458 valence electrons. The van der Waals surface area contributed by atoms with Crippen LogP contribution in [0.5, 0.6) is 34.5 Å². The highest BCUT2D eigenvalue weighted by molar-refractivity contribution is 8.76. The summed E-state index contributed by atoms with van der Waals surface area (Å²) in [7, 11) is 5.54. The number of ketones is 6. The number of phenolic OH excluding ortho intramolecular Hbond substituents is 4. The molecular formula is C60H66N4O20S2. The predicted octanol–water partition coefficient (Wildman–Crippen LogP) is 4.03. The lowest BCUT2D eigenvalue weighted by Crippen LogP contribution is -2.49. The molecule has 8 unspecified atom stereocenters. The standard InChI is InChI=1S/C60H66N4O20S2/c1-23-49(67)31(17-39(81-23)83-35-21-59(77,25(3)65)19-29-43(35)57(75)47-45(53(29)71)51(69)27-9-7-11-33(79-5)41(27)55(47)73)63-37(61)13-15-85-86-16-14-38(62)64-32-18-40(82-24(2)50(32)68)84-36-22-60(78,26(4)66)20-30-44(36)58(76)48-46(54(30)72)52(70)28-10-8-12-34(80-6)42(28)56(48)74/h7-12,23-24,31-32,35-36,39-40,49-50,67-68,71-72,75-78H,13-22H2,1-6H3,(H2,61,63)(H2,62,64)/t23?,24?,31?,32?,35-,36-,39?,40?,49?,50?,59-,60-/m0/s1. The topological polar surface area (TPSA) is 396 Å². The molecule has 0 spiro atoms. The predicted molar refractivity (Wildman–Crippen MR) is 310 cm³/mol. The van der Waals surface area contributed by atoms with Crippen LogP contribution in [0.1, 0.15) is 164 Å². The van der Waals surface area contributed by atoms with Crippen LogP contribution in [-0.4, -0.2) is 173 Å². The fourth-order valence-corrected chi connectivity index (χ4v) is 14.4. The second-order valence-electron chi connectivity index (χ2n) is 22.5. The van der Waals surface area contributed by atoms with Gasteiger partial charge >= 0.3 is 0 Å². The molecule has 4 aliphatic carbocycles. The highest BCUT2D eigenvalue weighted by atomic mass is 33.1. The van der Waals surface area contributed by atoms with E-state index in [9.17, 15) is 69.6 Å².